The molecule has 0 bridgehead atoms. The Kier molecular flexibility index (Phi) is 8.04. The standard InChI is InChI=1S/C28H24FNO5S.C2H6/c1-34-25-13-11-19(35-30)15-26(25)36(32,33)16-18-14-23(28(31)22-9-5-4-7-20(18)22)27-21-8-3-2-6-17(21)10-12-24(27)29;1-2/h3-5,7-15,31H,2,6,16,30H2,1H3;1-2H3. The number of fused-ring (bicyclic) bond motifs is 2. The first kappa shape index (κ1) is 27.2. The van der Waals surface area contributed by atoms with E-state index in [0.29, 0.717) is 21.9 Å². The van der Waals surface area contributed by atoms with E-state index in [4.69, 9.17) is 15.5 Å². The molecule has 198 valence electrons. The molecule has 8 heteroatoms. The Morgan fingerprint density at radius 2 is 1.76 bits per heavy atom. The number of hydrogen-bond acceptors (Lipinski definition) is 6. The van der Waals surface area contributed by atoms with Gasteiger partial charge in [-0.15, -0.1) is 0 Å². The molecule has 1 aliphatic carbocycles. The Morgan fingerprint density at radius 3 is 2.47 bits per heavy atom. The van der Waals surface area contributed by atoms with Crippen LogP contribution in [0.4, 0.5) is 4.39 Å². The number of sulfone groups is 1. The van der Waals surface area contributed by atoms with Crippen LogP contribution in [0.15, 0.2) is 71.6 Å². The molecular formula is C30H30FNO5S. The second kappa shape index (κ2) is 11.2. The summed E-state index contributed by atoms with van der Waals surface area (Å²) in [7, 11) is -2.59. The molecule has 6 nitrogen and oxygen atoms in total. The van der Waals surface area contributed by atoms with E-state index >= 15 is 4.39 Å². The lowest BCUT2D eigenvalue weighted by molar-refractivity contribution is 0.331. The summed E-state index contributed by atoms with van der Waals surface area (Å²) >= 11 is 0. The molecule has 1 aliphatic rings. The lowest BCUT2D eigenvalue weighted by Crippen LogP contribution is -2.09. The third-order valence-electron chi connectivity index (χ3n) is 6.47. The number of rotatable bonds is 6. The van der Waals surface area contributed by atoms with E-state index in [1.165, 1.54) is 31.4 Å². The lowest BCUT2D eigenvalue weighted by Gasteiger charge is -2.19. The van der Waals surface area contributed by atoms with Gasteiger partial charge in [-0.3, -0.25) is 0 Å². The number of nitrogens with two attached hydrogens (primary N) is 1. The number of phenolic OH excluding ortho intramolecular Hbond substituents is 1. The number of allylic oxidation sites excluding steroid dienone is 1. The summed E-state index contributed by atoms with van der Waals surface area (Å²) in [5.74, 6) is 4.54. The third-order valence-corrected chi connectivity index (χ3v) is 8.15. The minimum Gasteiger partial charge on any atom is -0.507 e. The minimum absolute atomic E-state index is 0.0853. The molecule has 0 saturated heterocycles. The van der Waals surface area contributed by atoms with Gasteiger partial charge >= 0.3 is 0 Å². The number of benzene rings is 4. The van der Waals surface area contributed by atoms with Crippen LogP contribution in [0.25, 0.3) is 28.0 Å². The van der Waals surface area contributed by atoms with Crippen LogP contribution in [0.3, 0.4) is 0 Å². The maximum atomic E-state index is 15.3. The highest BCUT2D eigenvalue weighted by Gasteiger charge is 2.26. The van der Waals surface area contributed by atoms with Gasteiger partial charge in [-0.25, -0.2) is 12.8 Å². The SMILES string of the molecule is CC.COc1ccc(ON)cc1S(=O)(=O)Cc1cc(-c2c(F)ccc3c2C=CCC3)c(O)c2ccccc12. The number of aromatic hydroxyl groups is 1. The van der Waals surface area contributed by atoms with Crippen LogP contribution in [0.1, 0.15) is 37.0 Å². The topological polar surface area (TPSA) is 98.9 Å². The van der Waals surface area contributed by atoms with Crippen molar-refractivity contribution in [2.24, 2.45) is 5.90 Å². The van der Waals surface area contributed by atoms with E-state index in [0.717, 1.165) is 18.4 Å². The van der Waals surface area contributed by atoms with Gasteiger partial charge in [0, 0.05) is 22.6 Å². The van der Waals surface area contributed by atoms with Crippen LogP contribution < -0.4 is 15.5 Å². The Labute approximate surface area is 222 Å². The van der Waals surface area contributed by atoms with Crippen molar-refractivity contribution in [2.45, 2.75) is 37.3 Å². The van der Waals surface area contributed by atoms with Crippen molar-refractivity contribution in [2.75, 3.05) is 7.11 Å². The van der Waals surface area contributed by atoms with E-state index in [2.05, 4.69) is 0 Å². The molecule has 4 aromatic carbocycles. The van der Waals surface area contributed by atoms with Crippen molar-refractivity contribution >= 4 is 26.7 Å². The van der Waals surface area contributed by atoms with Gasteiger partial charge in [-0.1, -0.05) is 56.3 Å². The first-order valence-corrected chi connectivity index (χ1v) is 14.0. The molecule has 0 aliphatic heterocycles. The second-order valence-corrected chi connectivity index (χ2v) is 10.6. The maximum Gasteiger partial charge on any atom is 0.186 e. The van der Waals surface area contributed by atoms with Gasteiger partial charge in [0.05, 0.1) is 12.9 Å². The summed E-state index contributed by atoms with van der Waals surface area (Å²) in [5, 5.41) is 12.2. The normalized spacial score (nSPS) is 12.4. The maximum absolute atomic E-state index is 15.3. The second-order valence-electron chi connectivity index (χ2n) is 8.60. The van der Waals surface area contributed by atoms with Crippen LogP contribution >= 0.6 is 0 Å². The molecule has 5 rings (SSSR count). The number of aryl methyl sites for hydroxylation is 1. The summed E-state index contributed by atoms with van der Waals surface area (Å²) in [4.78, 5) is 4.64. The summed E-state index contributed by atoms with van der Waals surface area (Å²) in [6, 6.07) is 15.9. The molecule has 0 amide bonds. The van der Waals surface area contributed by atoms with Crippen molar-refractivity contribution in [3.8, 4) is 28.4 Å². The monoisotopic (exact) mass is 535 g/mol. The first-order valence-electron chi connectivity index (χ1n) is 12.3. The van der Waals surface area contributed by atoms with E-state index in [9.17, 15) is 13.5 Å². The van der Waals surface area contributed by atoms with Gasteiger partial charge in [0.25, 0.3) is 0 Å². The molecule has 4 aromatic rings. The fraction of sp³-hybridized carbons (Fsp3) is 0.200. The number of ether oxygens (including phenoxy) is 1. The molecular weight excluding hydrogens is 505 g/mol. The van der Waals surface area contributed by atoms with Crippen molar-refractivity contribution in [3.05, 3.63) is 89.2 Å². The summed E-state index contributed by atoms with van der Waals surface area (Å²) in [6.45, 7) is 4.00. The largest absolute Gasteiger partial charge is 0.507 e. The van der Waals surface area contributed by atoms with Crippen molar-refractivity contribution < 1.29 is 27.5 Å². The Hall–Kier alpha value is -3.88. The fourth-order valence-corrected chi connectivity index (χ4v) is 6.32. The highest BCUT2D eigenvalue weighted by molar-refractivity contribution is 7.90. The van der Waals surface area contributed by atoms with Gasteiger partial charge in [-0.2, -0.15) is 5.90 Å². The molecule has 0 spiro atoms. The average molecular weight is 536 g/mol. The highest BCUT2D eigenvalue weighted by Crippen LogP contribution is 2.43. The van der Waals surface area contributed by atoms with Gasteiger partial charge < -0.3 is 14.7 Å². The summed E-state index contributed by atoms with van der Waals surface area (Å²) in [5.41, 5.74) is 2.57. The fourth-order valence-electron chi connectivity index (χ4n) is 4.76. The molecule has 3 N–H and O–H groups in total. The van der Waals surface area contributed by atoms with Crippen LogP contribution in [0.5, 0.6) is 17.2 Å². The zero-order valence-corrected chi connectivity index (χ0v) is 22.3. The van der Waals surface area contributed by atoms with E-state index in [1.807, 2.05) is 26.0 Å². The minimum atomic E-state index is -3.97. The van der Waals surface area contributed by atoms with Crippen LogP contribution in [0, 0.1) is 5.82 Å². The summed E-state index contributed by atoms with van der Waals surface area (Å²) in [6.07, 6.45) is 5.42. The van der Waals surface area contributed by atoms with Crippen LogP contribution in [-0.4, -0.2) is 20.6 Å². The van der Waals surface area contributed by atoms with Crippen LogP contribution in [0.2, 0.25) is 0 Å². The summed E-state index contributed by atoms with van der Waals surface area (Å²) < 4.78 is 47.7. The zero-order chi connectivity index (χ0) is 27.4. The van der Waals surface area contributed by atoms with Gasteiger partial charge in [0.1, 0.15) is 28.0 Å². The number of methoxy groups -OCH3 is 1. The van der Waals surface area contributed by atoms with E-state index < -0.39 is 21.4 Å². The molecule has 0 aromatic heterocycles. The Morgan fingerprint density at radius 1 is 1.03 bits per heavy atom. The molecule has 0 saturated carbocycles. The predicted molar refractivity (Wildman–Crippen MR) is 148 cm³/mol. The molecule has 0 unspecified atom stereocenters. The van der Waals surface area contributed by atoms with Crippen molar-refractivity contribution in [3.63, 3.8) is 0 Å². The van der Waals surface area contributed by atoms with E-state index in [-0.39, 0.29) is 33.3 Å². The Bertz CT molecular complexity index is 1630. The van der Waals surface area contributed by atoms with Crippen LogP contribution in [-0.2, 0) is 22.0 Å². The number of phenols is 1. The molecule has 38 heavy (non-hydrogen) atoms. The third kappa shape index (κ3) is 4.97. The van der Waals surface area contributed by atoms with E-state index in [1.54, 1.807) is 36.4 Å². The number of hydrogen-bond donors (Lipinski definition) is 2. The van der Waals surface area contributed by atoms with Gasteiger partial charge in [0.15, 0.2) is 9.84 Å². The van der Waals surface area contributed by atoms with Crippen molar-refractivity contribution in [1.29, 1.82) is 0 Å². The molecule has 0 fully saturated rings. The lowest BCUT2D eigenvalue weighted by atomic mass is 9.87. The first-order chi connectivity index (χ1) is 18.3. The molecule has 0 heterocycles. The smallest absolute Gasteiger partial charge is 0.186 e. The molecule has 0 atom stereocenters. The van der Waals surface area contributed by atoms with Gasteiger partial charge in [-0.05, 0) is 59.2 Å². The number of halogens is 1. The highest BCUT2D eigenvalue weighted by atomic mass is 32.2. The average Bonchev–Trinajstić information content (AvgIpc) is 2.95. The van der Waals surface area contributed by atoms with Crippen molar-refractivity contribution in [1.82, 2.24) is 0 Å². The quantitative estimate of drug-likeness (QED) is 0.271. The van der Waals surface area contributed by atoms with Gasteiger partial charge in [0.2, 0.25) is 0 Å². The zero-order valence-electron chi connectivity index (χ0n) is 21.5. The predicted octanol–water partition coefficient (Wildman–Crippen LogP) is 6.57. The Balaban J connectivity index is 0.00000164. The molecule has 0 radical (unpaired) electrons.